The molecule has 1 aliphatic heterocycles. The van der Waals surface area contributed by atoms with Gasteiger partial charge in [0.25, 0.3) is 0 Å². The molecule has 3 rings (SSSR count). The molecule has 1 unspecified atom stereocenters. The lowest BCUT2D eigenvalue weighted by atomic mass is 10.2. The summed E-state index contributed by atoms with van der Waals surface area (Å²) in [6.45, 7) is 1.06. The van der Waals surface area contributed by atoms with Crippen molar-refractivity contribution in [2.24, 2.45) is 0 Å². The Morgan fingerprint density at radius 3 is 2.06 bits per heavy atom. The first-order valence-electron chi connectivity index (χ1n) is 5.82. The zero-order valence-corrected chi connectivity index (χ0v) is 9.48. The van der Waals surface area contributed by atoms with E-state index in [1.54, 1.807) is 0 Å². The van der Waals surface area contributed by atoms with Crippen LogP contribution in [0.5, 0.6) is 0 Å². The zero-order chi connectivity index (χ0) is 11.5. The first-order valence-corrected chi connectivity index (χ1v) is 5.82. The van der Waals surface area contributed by atoms with Crippen LogP contribution in [0.15, 0.2) is 54.6 Å². The Kier molecular flexibility index (Phi) is 2.68. The number of anilines is 3. The molecule has 0 saturated carbocycles. The maximum absolute atomic E-state index is 3.37. The van der Waals surface area contributed by atoms with Gasteiger partial charge in [-0.2, -0.15) is 0 Å². The molecule has 17 heavy (non-hydrogen) atoms. The van der Waals surface area contributed by atoms with Crippen LogP contribution in [-0.4, -0.2) is 12.7 Å². The van der Waals surface area contributed by atoms with Gasteiger partial charge in [0.15, 0.2) is 0 Å². The molecule has 0 spiro atoms. The summed E-state index contributed by atoms with van der Waals surface area (Å²) >= 11 is 0. The van der Waals surface area contributed by atoms with Crippen LogP contribution < -0.4 is 16.0 Å². The number of nitrogens with one attached hydrogen (secondary N) is 3. The van der Waals surface area contributed by atoms with Crippen molar-refractivity contribution >= 4 is 17.1 Å². The summed E-state index contributed by atoms with van der Waals surface area (Å²) in [6.07, 6.45) is 0.461. The van der Waals surface area contributed by atoms with Crippen LogP contribution in [0.2, 0.25) is 0 Å². The Hall–Kier alpha value is -2.00. The van der Waals surface area contributed by atoms with Gasteiger partial charge in [-0.15, -0.1) is 0 Å². The molecule has 2 aromatic carbocycles. The number of hydrogen-bond donors (Lipinski definition) is 3. The van der Waals surface area contributed by atoms with Crippen LogP contribution in [0.1, 0.15) is 0 Å². The predicted molar refractivity (Wildman–Crippen MR) is 71.6 cm³/mol. The minimum absolute atomic E-state index is 0.461. The molecule has 0 amide bonds. The fourth-order valence-corrected chi connectivity index (χ4v) is 1.70. The number of rotatable bonds is 4. The fraction of sp³-hybridized carbons (Fsp3) is 0.143. The summed E-state index contributed by atoms with van der Waals surface area (Å²) in [7, 11) is 0. The quantitative estimate of drug-likeness (QED) is 0.701. The van der Waals surface area contributed by atoms with Gasteiger partial charge < -0.3 is 10.6 Å². The largest absolute Gasteiger partial charge is 0.369 e. The van der Waals surface area contributed by atoms with Gasteiger partial charge in [0.05, 0.1) is 6.17 Å². The highest BCUT2D eigenvalue weighted by Gasteiger charge is 2.18. The van der Waals surface area contributed by atoms with E-state index in [2.05, 4.69) is 52.3 Å². The Balaban J connectivity index is 1.67. The van der Waals surface area contributed by atoms with E-state index in [0.29, 0.717) is 6.17 Å². The fourth-order valence-electron chi connectivity index (χ4n) is 1.70. The van der Waals surface area contributed by atoms with E-state index >= 15 is 0 Å². The van der Waals surface area contributed by atoms with E-state index in [9.17, 15) is 0 Å². The molecule has 3 nitrogen and oxygen atoms in total. The lowest BCUT2D eigenvalue weighted by molar-refractivity contribution is 1.10. The Morgan fingerprint density at radius 2 is 1.41 bits per heavy atom. The Morgan fingerprint density at radius 1 is 0.824 bits per heavy atom. The van der Waals surface area contributed by atoms with E-state index in [4.69, 9.17) is 0 Å². The maximum Gasteiger partial charge on any atom is 0.0897 e. The highest BCUT2D eigenvalue weighted by molar-refractivity contribution is 5.62. The van der Waals surface area contributed by atoms with Crippen molar-refractivity contribution in [2.45, 2.75) is 6.17 Å². The van der Waals surface area contributed by atoms with Gasteiger partial charge >= 0.3 is 0 Å². The lowest BCUT2D eigenvalue weighted by Crippen LogP contribution is -2.05. The highest BCUT2D eigenvalue weighted by Crippen LogP contribution is 2.19. The minimum Gasteiger partial charge on any atom is -0.369 e. The summed E-state index contributed by atoms with van der Waals surface area (Å²) in [6, 6.07) is 18.5. The third kappa shape index (κ3) is 2.77. The topological polar surface area (TPSA) is 46.0 Å². The van der Waals surface area contributed by atoms with Crippen molar-refractivity contribution in [3.8, 4) is 0 Å². The number of hydrogen-bond acceptors (Lipinski definition) is 3. The molecule has 1 atom stereocenters. The molecule has 0 bridgehead atoms. The minimum atomic E-state index is 0.461. The zero-order valence-electron chi connectivity index (χ0n) is 9.48. The summed E-state index contributed by atoms with van der Waals surface area (Å²) in [5.74, 6) is 0. The third-order valence-corrected chi connectivity index (χ3v) is 2.70. The standard InChI is InChI=1S/C14H15N3/c1-2-4-11(5-3-1)16-12-6-8-13(9-7-12)17-14-10-15-14/h1-9,14-17H,10H2. The second-order valence-corrected chi connectivity index (χ2v) is 4.17. The van der Waals surface area contributed by atoms with E-state index in [1.165, 1.54) is 0 Å². The van der Waals surface area contributed by atoms with Crippen molar-refractivity contribution in [1.82, 2.24) is 5.32 Å². The maximum atomic E-state index is 3.37. The van der Waals surface area contributed by atoms with Crippen LogP contribution in [0, 0.1) is 0 Å². The normalized spacial score (nSPS) is 17.5. The van der Waals surface area contributed by atoms with Crippen LogP contribution in [-0.2, 0) is 0 Å². The molecule has 1 aliphatic rings. The molecule has 3 heteroatoms. The highest BCUT2D eigenvalue weighted by atomic mass is 15.3. The summed E-state index contributed by atoms with van der Waals surface area (Å²) in [5.41, 5.74) is 3.36. The molecule has 1 fully saturated rings. The van der Waals surface area contributed by atoms with E-state index < -0.39 is 0 Å². The first-order chi connectivity index (χ1) is 8.40. The van der Waals surface area contributed by atoms with Gasteiger partial charge in [-0.1, -0.05) is 18.2 Å². The predicted octanol–water partition coefficient (Wildman–Crippen LogP) is 2.77. The Labute approximate surface area is 101 Å². The molecule has 3 N–H and O–H groups in total. The van der Waals surface area contributed by atoms with Crippen molar-refractivity contribution in [2.75, 3.05) is 17.2 Å². The van der Waals surface area contributed by atoms with Crippen LogP contribution in [0.3, 0.4) is 0 Å². The monoisotopic (exact) mass is 225 g/mol. The average molecular weight is 225 g/mol. The van der Waals surface area contributed by atoms with Crippen LogP contribution >= 0.6 is 0 Å². The lowest BCUT2D eigenvalue weighted by Gasteiger charge is -2.08. The summed E-state index contributed by atoms with van der Waals surface area (Å²) in [4.78, 5) is 0. The molecule has 2 aromatic rings. The smallest absolute Gasteiger partial charge is 0.0897 e. The molecule has 1 heterocycles. The van der Waals surface area contributed by atoms with Crippen molar-refractivity contribution in [3.63, 3.8) is 0 Å². The molecule has 0 radical (unpaired) electrons. The molecular formula is C14H15N3. The van der Waals surface area contributed by atoms with Crippen LogP contribution in [0.4, 0.5) is 17.1 Å². The van der Waals surface area contributed by atoms with Crippen molar-refractivity contribution in [3.05, 3.63) is 54.6 Å². The second kappa shape index (κ2) is 4.47. The molecule has 0 aromatic heterocycles. The Bertz CT molecular complexity index is 475. The molecular weight excluding hydrogens is 210 g/mol. The van der Waals surface area contributed by atoms with Gasteiger partial charge in [0.2, 0.25) is 0 Å². The molecule has 1 saturated heterocycles. The first kappa shape index (κ1) is 10.2. The van der Waals surface area contributed by atoms with Gasteiger partial charge in [-0.3, -0.25) is 5.32 Å². The van der Waals surface area contributed by atoms with Crippen molar-refractivity contribution in [1.29, 1.82) is 0 Å². The van der Waals surface area contributed by atoms with E-state index in [0.717, 1.165) is 23.6 Å². The average Bonchev–Trinajstić information content (AvgIpc) is 3.17. The number of para-hydroxylation sites is 1. The van der Waals surface area contributed by atoms with Crippen molar-refractivity contribution < 1.29 is 0 Å². The van der Waals surface area contributed by atoms with Gasteiger partial charge in [-0.25, -0.2) is 0 Å². The van der Waals surface area contributed by atoms with Gasteiger partial charge in [0, 0.05) is 23.6 Å². The van der Waals surface area contributed by atoms with Gasteiger partial charge in [-0.05, 0) is 36.4 Å². The van der Waals surface area contributed by atoms with E-state index in [1.807, 2.05) is 18.2 Å². The van der Waals surface area contributed by atoms with Crippen LogP contribution in [0.25, 0.3) is 0 Å². The summed E-state index contributed by atoms with van der Waals surface area (Å²) in [5, 5.41) is 9.94. The second-order valence-electron chi connectivity index (χ2n) is 4.17. The van der Waals surface area contributed by atoms with Gasteiger partial charge in [0.1, 0.15) is 0 Å². The molecule has 86 valence electrons. The third-order valence-electron chi connectivity index (χ3n) is 2.70. The van der Waals surface area contributed by atoms with E-state index in [-0.39, 0.29) is 0 Å². The molecule has 0 aliphatic carbocycles. The number of benzene rings is 2. The SMILES string of the molecule is c1ccc(Nc2ccc(NC3CN3)cc2)cc1. The summed E-state index contributed by atoms with van der Waals surface area (Å²) < 4.78 is 0.